The molecule has 0 aromatic heterocycles. The highest BCUT2D eigenvalue weighted by molar-refractivity contribution is 5.83. The first-order chi connectivity index (χ1) is 11.1. The first-order valence-electron chi connectivity index (χ1n) is 7.88. The third-order valence-electron chi connectivity index (χ3n) is 4.74. The van der Waals surface area contributed by atoms with E-state index in [-0.39, 0.29) is 30.3 Å². The molecular weight excluding hydrogens is 296 g/mol. The van der Waals surface area contributed by atoms with E-state index in [1.807, 2.05) is 19.2 Å². The van der Waals surface area contributed by atoms with Crippen molar-refractivity contribution in [3.63, 3.8) is 0 Å². The number of hydrogen-bond donors (Lipinski definition) is 0. The van der Waals surface area contributed by atoms with E-state index >= 15 is 0 Å². The Morgan fingerprint density at radius 1 is 1.26 bits per heavy atom. The fraction of sp³-hybridized carbons (Fsp3) is 0.529. The van der Waals surface area contributed by atoms with Crippen LogP contribution in [-0.4, -0.2) is 62.0 Å². The highest BCUT2D eigenvalue weighted by Gasteiger charge is 2.43. The lowest BCUT2D eigenvalue weighted by Gasteiger charge is -2.30. The number of hydrogen-bond acceptors (Lipinski definition) is 4. The Morgan fingerprint density at radius 3 is 2.74 bits per heavy atom. The Morgan fingerprint density at radius 2 is 2.00 bits per heavy atom. The zero-order chi connectivity index (χ0) is 16.4. The van der Waals surface area contributed by atoms with Crippen molar-refractivity contribution in [3.05, 3.63) is 24.3 Å². The molecular formula is C17H22N2O4. The summed E-state index contributed by atoms with van der Waals surface area (Å²) in [6.07, 6.45) is 0.962. The van der Waals surface area contributed by atoms with E-state index in [4.69, 9.17) is 9.47 Å². The lowest BCUT2D eigenvalue weighted by atomic mass is 9.88. The maximum atomic E-state index is 12.4. The minimum atomic E-state index is -0.0826. The summed E-state index contributed by atoms with van der Waals surface area (Å²) >= 11 is 0. The van der Waals surface area contributed by atoms with Crippen molar-refractivity contribution >= 4 is 11.8 Å². The zero-order valence-electron chi connectivity index (χ0n) is 13.5. The lowest BCUT2D eigenvalue weighted by molar-refractivity contribution is -0.138. The number of benzene rings is 1. The van der Waals surface area contributed by atoms with Gasteiger partial charge in [-0.25, -0.2) is 0 Å². The monoisotopic (exact) mass is 318 g/mol. The summed E-state index contributed by atoms with van der Waals surface area (Å²) in [5, 5.41) is 0. The molecule has 2 saturated heterocycles. The van der Waals surface area contributed by atoms with Crippen molar-refractivity contribution in [2.45, 2.75) is 6.42 Å². The van der Waals surface area contributed by atoms with Crippen LogP contribution in [0.4, 0.5) is 0 Å². The number of amides is 2. The van der Waals surface area contributed by atoms with Gasteiger partial charge in [0, 0.05) is 26.7 Å². The van der Waals surface area contributed by atoms with Gasteiger partial charge in [0.05, 0.1) is 13.0 Å². The number of para-hydroxylation sites is 2. The topological polar surface area (TPSA) is 59.1 Å². The third-order valence-corrected chi connectivity index (χ3v) is 4.74. The molecule has 2 amide bonds. The molecule has 0 unspecified atom stereocenters. The van der Waals surface area contributed by atoms with E-state index in [1.165, 1.54) is 0 Å². The smallest absolute Gasteiger partial charge is 0.260 e. The highest BCUT2D eigenvalue weighted by atomic mass is 16.5. The molecule has 0 saturated carbocycles. The van der Waals surface area contributed by atoms with Crippen LogP contribution in [0.15, 0.2) is 24.3 Å². The van der Waals surface area contributed by atoms with Crippen LogP contribution in [0.2, 0.25) is 0 Å². The average Bonchev–Trinajstić information content (AvgIpc) is 3.01. The molecule has 2 fully saturated rings. The molecule has 2 aliphatic heterocycles. The number of ether oxygens (including phenoxy) is 2. The van der Waals surface area contributed by atoms with Crippen molar-refractivity contribution in [3.8, 4) is 11.5 Å². The Balaban J connectivity index is 1.58. The maximum Gasteiger partial charge on any atom is 0.260 e. The fourth-order valence-corrected chi connectivity index (χ4v) is 3.37. The quantitative estimate of drug-likeness (QED) is 0.831. The zero-order valence-corrected chi connectivity index (χ0v) is 13.5. The second-order valence-corrected chi connectivity index (χ2v) is 6.15. The summed E-state index contributed by atoms with van der Waals surface area (Å²) in [6.45, 7) is 1.89. The van der Waals surface area contributed by atoms with Crippen LogP contribution in [0, 0.1) is 11.8 Å². The van der Waals surface area contributed by atoms with Crippen molar-refractivity contribution < 1.29 is 19.1 Å². The minimum absolute atomic E-state index is 0.0379. The predicted molar refractivity (Wildman–Crippen MR) is 84.3 cm³/mol. The van der Waals surface area contributed by atoms with Gasteiger partial charge in [-0.2, -0.15) is 0 Å². The Hall–Kier alpha value is -2.24. The molecule has 3 rings (SSSR count). The normalized spacial score (nSPS) is 23.7. The lowest BCUT2D eigenvalue weighted by Crippen LogP contribution is -2.42. The van der Waals surface area contributed by atoms with Crippen molar-refractivity contribution in [1.29, 1.82) is 0 Å². The standard InChI is InChI=1S/C17H22N2O4/c1-18-8-7-12-9-19(10-13(12)17(18)21)16(20)11-23-15-6-4-3-5-14(15)22-2/h3-6,12-13H,7-11H2,1-2H3/t12-,13+/m1/s1. The number of rotatable bonds is 4. The first-order valence-corrected chi connectivity index (χ1v) is 7.88. The minimum Gasteiger partial charge on any atom is -0.493 e. The first kappa shape index (κ1) is 15.6. The number of methoxy groups -OCH3 is 1. The molecule has 0 spiro atoms. The second-order valence-electron chi connectivity index (χ2n) is 6.15. The largest absolute Gasteiger partial charge is 0.493 e. The molecule has 0 bridgehead atoms. The van der Waals surface area contributed by atoms with Crippen LogP contribution in [0.5, 0.6) is 11.5 Å². The molecule has 2 heterocycles. The fourth-order valence-electron chi connectivity index (χ4n) is 3.37. The van der Waals surface area contributed by atoms with Gasteiger partial charge < -0.3 is 19.3 Å². The number of fused-ring (bicyclic) bond motifs is 1. The van der Waals surface area contributed by atoms with E-state index in [1.54, 1.807) is 29.0 Å². The van der Waals surface area contributed by atoms with Crippen molar-refractivity contribution in [2.24, 2.45) is 11.8 Å². The van der Waals surface area contributed by atoms with Crippen LogP contribution in [-0.2, 0) is 9.59 Å². The molecule has 2 aliphatic rings. The Kier molecular flexibility index (Phi) is 4.41. The van der Waals surface area contributed by atoms with Gasteiger partial charge in [-0.1, -0.05) is 12.1 Å². The molecule has 124 valence electrons. The van der Waals surface area contributed by atoms with Gasteiger partial charge in [0.2, 0.25) is 5.91 Å². The van der Waals surface area contributed by atoms with E-state index < -0.39 is 0 Å². The van der Waals surface area contributed by atoms with Crippen LogP contribution in [0.3, 0.4) is 0 Å². The van der Waals surface area contributed by atoms with Crippen molar-refractivity contribution in [1.82, 2.24) is 9.80 Å². The van der Waals surface area contributed by atoms with Crippen LogP contribution in [0.25, 0.3) is 0 Å². The summed E-state index contributed by atoms with van der Waals surface area (Å²) in [5.41, 5.74) is 0. The Bertz CT molecular complexity index is 604. The number of likely N-dealkylation sites (tertiary alicyclic amines) is 2. The van der Waals surface area contributed by atoms with E-state index in [0.717, 1.165) is 13.0 Å². The van der Waals surface area contributed by atoms with Gasteiger partial charge in [0.1, 0.15) is 0 Å². The van der Waals surface area contributed by atoms with Gasteiger partial charge in [0.15, 0.2) is 18.1 Å². The number of nitrogens with zero attached hydrogens (tertiary/aromatic N) is 2. The number of carbonyl (C=O) groups is 2. The summed E-state index contributed by atoms with van der Waals surface area (Å²) in [6, 6.07) is 7.25. The van der Waals surface area contributed by atoms with E-state index in [0.29, 0.717) is 24.6 Å². The summed E-state index contributed by atoms with van der Waals surface area (Å²) < 4.78 is 10.8. The maximum absolute atomic E-state index is 12.4. The SMILES string of the molecule is COc1ccccc1OCC(=O)N1C[C@H]2CCN(C)C(=O)[C@H]2C1. The molecule has 1 aromatic rings. The molecule has 1 aromatic carbocycles. The molecule has 0 aliphatic carbocycles. The molecule has 0 N–H and O–H groups in total. The van der Waals surface area contributed by atoms with Gasteiger partial charge in [-0.05, 0) is 24.5 Å². The van der Waals surface area contributed by atoms with Crippen molar-refractivity contribution in [2.75, 3.05) is 40.4 Å². The average molecular weight is 318 g/mol. The van der Waals surface area contributed by atoms with Crippen LogP contribution < -0.4 is 9.47 Å². The summed E-state index contributed by atoms with van der Waals surface area (Å²) in [7, 11) is 3.39. The molecule has 6 heteroatoms. The number of carbonyl (C=O) groups excluding carboxylic acids is 2. The summed E-state index contributed by atoms with van der Waals surface area (Å²) in [4.78, 5) is 28.1. The van der Waals surface area contributed by atoms with Gasteiger partial charge in [-0.3, -0.25) is 9.59 Å². The molecule has 2 atom stereocenters. The third kappa shape index (κ3) is 3.11. The molecule has 0 radical (unpaired) electrons. The van der Waals surface area contributed by atoms with E-state index in [2.05, 4.69) is 0 Å². The van der Waals surface area contributed by atoms with Gasteiger partial charge in [0.25, 0.3) is 5.91 Å². The van der Waals surface area contributed by atoms with Crippen LogP contribution in [0.1, 0.15) is 6.42 Å². The second kappa shape index (κ2) is 6.48. The van der Waals surface area contributed by atoms with Crippen LogP contribution >= 0.6 is 0 Å². The number of piperidine rings is 1. The Labute approximate surface area is 136 Å². The predicted octanol–water partition coefficient (Wildman–Crippen LogP) is 1.01. The summed E-state index contributed by atoms with van der Waals surface area (Å²) in [5.74, 6) is 1.46. The van der Waals surface area contributed by atoms with E-state index in [9.17, 15) is 9.59 Å². The molecule has 23 heavy (non-hydrogen) atoms. The van der Waals surface area contributed by atoms with Gasteiger partial charge >= 0.3 is 0 Å². The molecule has 6 nitrogen and oxygen atoms in total. The highest BCUT2D eigenvalue weighted by Crippen LogP contribution is 2.32. The van der Waals surface area contributed by atoms with Gasteiger partial charge in [-0.15, -0.1) is 0 Å².